The molecule has 0 aromatic heterocycles. The van der Waals surface area contributed by atoms with Gasteiger partial charge in [-0.1, -0.05) is 38.1 Å². The van der Waals surface area contributed by atoms with Crippen molar-refractivity contribution in [1.29, 1.82) is 0 Å². The predicted molar refractivity (Wildman–Crippen MR) is 82.4 cm³/mol. The number of benzene rings is 1. The van der Waals surface area contributed by atoms with Crippen LogP contribution >= 0.6 is 0 Å². The van der Waals surface area contributed by atoms with E-state index in [1.807, 2.05) is 4.90 Å². The molecule has 3 heteroatoms. The first-order chi connectivity index (χ1) is 9.61. The highest BCUT2D eigenvalue weighted by Gasteiger charge is 2.31. The number of nitrogens with zero attached hydrogens (tertiary/aromatic N) is 1. The summed E-state index contributed by atoms with van der Waals surface area (Å²) in [6.45, 7) is 5.73. The molecule has 2 N–H and O–H groups in total. The van der Waals surface area contributed by atoms with Crippen molar-refractivity contribution in [2.45, 2.75) is 58.0 Å². The fraction of sp³-hybridized carbons (Fsp3) is 0.588. The van der Waals surface area contributed by atoms with Crippen molar-refractivity contribution in [3.05, 3.63) is 35.4 Å². The van der Waals surface area contributed by atoms with Crippen molar-refractivity contribution >= 4 is 5.91 Å². The van der Waals surface area contributed by atoms with Gasteiger partial charge >= 0.3 is 0 Å². The third kappa shape index (κ3) is 4.07. The molecule has 1 aliphatic carbocycles. The third-order valence-corrected chi connectivity index (χ3v) is 3.90. The van der Waals surface area contributed by atoms with Gasteiger partial charge in [-0.05, 0) is 42.9 Å². The standard InChI is InChI=1S/C17H26N2O/c1-13(2)15-7-5-14(6-8-15)12-19(16-9-10-16)17(20)4-3-11-18/h5-8,13,16H,3-4,9-12,18H2,1-2H3. The highest BCUT2D eigenvalue weighted by molar-refractivity contribution is 5.76. The molecule has 0 spiro atoms. The van der Waals surface area contributed by atoms with E-state index in [1.165, 1.54) is 11.1 Å². The summed E-state index contributed by atoms with van der Waals surface area (Å²) in [6, 6.07) is 9.12. The Kier molecular flexibility index (Phi) is 5.18. The molecule has 1 amide bonds. The second-order valence-electron chi connectivity index (χ2n) is 6.04. The van der Waals surface area contributed by atoms with Gasteiger partial charge in [-0.2, -0.15) is 0 Å². The van der Waals surface area contributed by atoms with E-state index in [2.05, 4.69) is 38.1 Å². The van der Waals surface area contributed by atoms with Crippen LogP contribution in [0.25, 0.3) is 0 Å². The van der Waals surface area contributed by atoms with E-state index in [4.69, 9.17) is 5.73 Å². The summed E-state index contributed by atoms with van der Waals surface area (Å²) in [5.41, 5.74) is 8.07. The minimum atomic E-state index is 0.255. The Balaban J connectivity index is 1.99. The average molecular weight is 274 g/mol. The van der Waals surface area contributed by atoms with Crippen molar-refractivity contribution in [2.24, 2.45) is 5.73 Å². The highest BCUT2D eigenvalue weighted by Crippen LogP contribution is 2.29. The molecule has 110 valence electrons. The molecule has 1 aromatic carbocycles. The van der Waals surface area contributed by atoms with Crippen molar-refractivity contribution < 1.29 is 4.79 Å². The second-order valence-corrected chi connectivity index (χ2v) is 6.04. The van der Waals surface area contributed by atoms with Crippen LogP contribution in [0.4, 0.5) is 0 Å². The molecule has 1 saturated carbocycles. The maximum absolute atomic E-state index is 12.2. The Bertz CT molecular complexity index is 435. The van der Waals surface area contributed by atoms with Crippen molar-refractivity contribution in [3.8, 4) is 0 Å². The summed E-state index contributed by atoms with van der Waals surface area (Å²) in [6.07, 6.45) is 3.67. The van der Waals surface area contributed by atoms with Crippen LogP contribution < -0.4 is 5.73 Å². The van der Waals surface area contributed by atoms with E-state index in [0.29, 0.717) is 24.9 Å². The van der Waals surface area contributed by atoms with Gasteiger partial charge in [-0.15, -0.1) is 0 Å². The van der Waals surface area contributed by atoms with E-state index in [-0.39, 0.29) is 5.91 Å². The average Bonchev–Trinajstić information content (AvgIpc) is 3.27. The van der Waals surface area contributed by atoms with Crippen LogP contribution in [-0.2, 0) is 11.3 Å². The first-order valence-corrected chi connectivity index (χ1v) is 7.70. The summed E-state index contributed by atoms with van der Waals surface area (Å²) in [4.78, 5) is 14.3. The second kappa shape index (κ2) is 6.89. The molecule has 0 saturated heterocycles. The molecular formula is C17H26N2O. The topological polar surface area (TPSA) is 46.3 Å². The summed E-state index contributed by atoms with van der Waals surface area (Å²) >= 11 is 0. The third-order valence-electron chi connectivity index (χ3n) is 3.90. The van der Waals surface area contributed by atoms with E-state index in [0.717, 1.165) is 25.8 Å². The predicted octanol–water partition coefficient (Wildman–Crippen LogP) is 3.04. The van der Waals surface area contributed by atoms with Crippen molar-refractivity contribution in [1.82, 2.24) is 4.90 Å². The summed E-state index contributed by atoms with van der Waals surface area (Å²) < 4.78 is 0. The maximum atomic E-state index is 12.2. The molecule has 0 radical (unpaired) electrons. The zero-order valence-electron chi connectivity index (χ0n) is 12.6. The fourth-order valence-electron chi connectivity index (χ4n) is 2.41. The molecule has 0 atom stereocenters. The number of carbonyl (C=O) groups is 1. The number of hydrogen-bond acceptors (Lipinski definition) is 2. The van der Waals surface area contributed by atoms with Crippen molar-refractivity contribution in [2.75, 3.05) is 6.54 Å². The summed E-state index contributed by atoms with van der Waals surface area (Å²) in [5, 5.41) is 0. The molecular weight excluding hydrogens is 248 g/mol. The molecule has 0 heterocycles. The molecule has 0 bridgehead atoms. The van der Waals surface area contributed by atoms with Gasteiger partial charge in [0, 0.05) is 19.0 Å². The lowest BCUT2D eigenvalue weighted by atomic mass is 10.0. The van der Waals surface area contributed by atoms with E-state index >= 15 is 0 Å². The lowest BCUT2D eigenvalue weighted by Crippen LogP contribution is -2.32. The molecule has 1 aliphatic rings. The fourth-order valence-corrected chi connectivity index (χ4v) is 2.41. The van der Waals surface area contributed by atoms with Gasteiger partial charge < -0.3 is 10.6 Å². The first-order valence-electron chi connectivity index (χ1n) is 7.70. The van der Waals surface area contributed by atoms with Crippen LogP contribution in [0.3, 0.4) is 0 Å². The molecule has 20 heavy (non-hydrogen) atoms. The molecule has 1 aromatic rings. The Morgan fingerprint density at radius 3 is 2.45 bits per heavy atom. The van der Waals surface area contributed by atoms with E-state index in [1.54, 1.807) is 0 Å². The summed E-state index contributed by atoms with van der Waals surface area (Å²) in [7, 11) is 0. The van der Waals surface area contributed by atoms with E-state index < -0.39 is 0 Å². The smallest absolute Gasteiger partial charge is 0.223 e. The Labute approximate surface area is 122 Å². The van der Waals surface area contributed by atoms with Crippen LogP contribution in [0.2, 0.25) is 0 Å². The monoisotopic (exact) mass is 274 g/mol. The zero-order chi connectivity index (χ0) is 14.5. The normalized spacial score (nSPS) is 14.6. The molecule has 0 aliphatic heterocycles. The molecule has 3 nitrogen and oxygen atoms in total. The van der Waals surface area contributed by atoms with Gasteiger partial charge in [0.25, 0.3) is 0 Å². The quantitative estimate of drug-likeness (QED) is 0.830. The van der Waals surface area contributed by atoms with Crippen LogP contribution in [0.15, 0.2) is 24.3 Å². The maximum Gasteiger partial charge on any atom is 0.223 e. The van der Waals surface area contributed by atoms with Crippen molar-refractivity contribution in [3.63, 3.8) is 0 Å². The van der Waals surface area contributed by atoms with Gasteiger partial charge in [0.2, 0.25) is 5.91 Å². The molecule has 2 rings (SSSR count). The number of hydrogen-bond donors (Lipinski definition) is 1. The van der Waals surface area contributed by atoms with Crippen LogP contribution in [0.5, 0.6) is 0 Å². The first kappa shape index (κ1) is 15.0. The number of rotatable bonds is 7. The van der Waals surface area contributed by atoms with Gasteiger partial charge in [-0.3, -0.25) is 4.79 Å². The minimum absolute atomic E-state index is 0.255. The van der Waals surface area contributed by atoms with Gasteiger partial charge in [0.05, 0.1) is 0 Å². The van der Waals surface area contributed by atoms with Crippen LogP contribution in [-0.4, -0.2) is 23.4 Å². The lowest BCUT2D eigenvalue weighted by Gasteiger charge is -2.23. The minimum Gasteiger partial charge on any atom is -0.335 e. The Morgan fingerprint density at radius 2 is 1.95 bits per heavy atom. The largest absolute Gasteiger partial charge is 0.335 e. The number of amides is 1. The van der Waals surface area contributed by atoms with Crippen LogP contribution in [0.1, 0.15) is 56.6 Å². The number of nitrogens with two attached hydrogens (primary N) is 1. The highest BCUT2D eigenvalue weighted by atomic mass is 16.2. The van der Waals surface area contributed by atoms with Gasteiger partial charge in [0.15, 0.2) is 0 Å². The summed E-state index contributed by atoms with van der Waals surface area (Å²) in [5.74, 6) is 0.806. The molecule has 0 unspecified atom stereocenters. The van der Waals surface area contributed by atoms with E-state index in [9.17, 15) is 4.79 Å². The molecule has 1 fully saturated rings. The Hall–Kier alpha value is -1.35. The lowest BCUT2D eigenvalue weighted by molar-refractivity contribution is -0.132. The zero-order valence-corrected chi connectivity index (χ0v) is 12.6. The number of carbonyl (C=O) groups excluding carboxylic acids is 1. The SMILES string of the molecule is CC(C)c1ccc(CN(C(=O)CCCN)C2CC2)cc1. The van der Waals surface area contributed by atoms with Crippen LogP contribution in [0, 0.1) is 0 Å². The van der Waals surface area contributed by atoms with Gasteiger partial charge in [-0.25, -0.2) is 0 Å². The Morgan fingerprint density at radius 1 is 1.30 bits per heavy atom. The van der Waals surface area contributed by atoms with Gasteiger partial charge in [0.1, 0.15) is 0 Å².